The van der Waals surface area contributed by atoms with Gasteiger partial charge in [-0.15, -0.1) is 6.58 Å². The molecule has 12 heavy (non-hydrogen) atoms. The average Bonchev–Trinajstić information content (AvgIpc) is 2.05. The lowest BCUT2D eigenvalue weighted by atomic mass is 10.0. The van der Waals surface area contributed by atoms with E-state index >= 15 is 0 Å². The SMILES string of the molecule is C=CCc1ccc(C=O)c(C)c1. The molecule has 0 fully saturated rings. The van der Waals surface area contributed by atoms with Crippen LogP contribution >= 0.6 is 0 Å². The topological polar surface area (TPSA) is 17.1 Å². The number of aldehydes is 1. The highest BCUT2D eigenvalue weighted by Gasteiger charge is 1.96. The average molecular weight is 160 g/mol. The fourth-order valence-corrected chi connectivity index (χ4v) is 1.16. The number of allylic oxidation sites excluding steroid dienone is 1. The predicted molar refractivity (Wildman–Crippen MR) is 50.5 cm³/mol. The third kappa shape index (κ3) is 1.82. The molecule has 0 amide bonds. The first-order chi connectivity index (χ1) is 5.77. The first-order valence-corrected chi connectivity index (χ1v) is 3.93. The summed E-state index contributed by atoms with van der Waals surface area (Å²) in [5.74, 6) is 0. The second kappa shape index (κ2) is 3.86. The summed E-state index contributed by atoms with van der Waals surface area (Å²) in [7, 11) is 0. The Morgan fingerprint density at radius 3 is 2.75 bits per heavy atom. The van der Waals surface area contributed by atoms with Gasteiger partial charge in [0.05, 0.1) is 0 Å². The summed E-state index contributed by atoms with van der Waals surface area (Å²) >= 11 is 0. The number of aryl methyl sites for hydroxylation is 1. The molecule has 0 unspecified atom stereocenters. The maximum absolute atomic E-state index is 10.5. The van der Waals surface area contributed by atoms with Gasteiger partial charge in [0, 0.05) is 5.56 Å². The molecule has 1 aromatic rings. The van der Waals surface area contributed by atoms with Crippen molar-refractivity contribution < 1.29 is 4.79 Å². The quantitative estimate of drug-likeness (QED) is 0.490. The van der Waals surface area contributed by atoms with Crippen molar-refractivity contribution in [2.75, 3.05) is 0 Å². The van der Waals surface area contributed by atoms with Crippen LogP contribution in [0.4, 0.5) is 0 Å². The zero-order chi connectivity index (χ0) is 8.97. The highest BCUT2D eigenvalue weighted by Crippen LogP contribution is 2.09. The summed E-state index contributed by atoms with van der Waals surface area (Å²) in [6, 6.07) is 5.82. The number of rotatable bonds is 3. The van der Waals surface area contributed by atoms with Crippen molar-refractivity contribution in [1.82, 2.24) is 0 Å². The van der Waals surface area contributed by atoms with Gasteiger partial charge in [0.1, 0.15) is 6.29 Å². The lowest BCUT2D eigenvalue weighted by Crippen LogP contribution is -1.88. The number of hydrogen-bond donors (Lipinski definition) is 0. The summed E-state index contributed by atoms with van der Waals surface area (Å²) < 4.78 is 0. The molecule has 0 N–H and O–H groups in total. The van der Waals surface area contributed by atoms with E-state index in [1.165, 1.54) is 5.56 Å². The minimum absolute atomic E-state index is 0.766. The molecule has 1 heteroatoms. The lowest BCUT2D eigenvalue weighted by Gasteiger charge is -2.00. The number of carbonyl (C=O) groups excluding carboxylic acids is 1. The standard InChI is InChI=1S/C11H12O/c1-3-4-10-5-6-11(8-12)9(2)7-10/h3,5-8H,1,4H2,2H3. The summed E-state index contributed by atoms with van der Waals surface area (Å²) in [6.45, 7) is 5.60. The van der Waals surface area contributed by atoms with Crippen molar-refractivity contribution in [2.45, 2.75) is 13.3 Å². The largest absolute Gasteiger partial charge is 0.298 e. The Labute approximate surface area is 72.7 Å². The van der Waals surface area contributed by atoms with Crippen LogP contribution in [0, 0.1) is 6.92 Å². The van der Waals surface area contributed by atoms with E-state index in [1.807, 2.05) is 31.2 Å². The molecule has 0 aliphatic carbocycles. The molecule has 0 spiro atoms. The van der Waals surface area contributed by atoms with Crippen LogP contribution in [0.15, 0.2) is 30.9 Å². The fourth-order valence-electron chi connectivity index (χ4n) is 1.16. The van der Waals surface area contributed by atoms with E-state index in [2.05, 4.69) is 6.58 Å². The minimum atomic E-state index is 0.766. The molecular formula is C11H12O. The molecule has 1 nitrogen and oxygen atoms in total. The van der Waals surface area contributed by atoms with Crippen LogP contribution < -0.4 is 0 Å². The maximum atomic E-state index is 10.5. The van der Waals surface area contributed by atoms with Crippen molar-refractivity contribution in [3.05, 3.63) is 47.5 Å². The zero-order valence-electron chi connectivity index (χ0n) is 7.21. The highest BCUT2D eigenvalue weighted by molar-refractivity contribution is 5.77. The van der Waals surface area contributed by atoms with E-state index in [0.717, 1.165) is 23.8 Å². The second-order valence-electron chi connectivity index (χ2n) is 2.80. The molecule has 0 heterocycles. The van der Waals surface area contributed by atoms with Gasteiger partial charge in [-0.25, -0.2) is 0 Å². The van der Waals surface area contributed by atoms with Crippen molar-refractivity contribution in [3.63, 3.8) is 0 Å². The lowest BCUT2D eigenvalue weighted by molar-refractivity contribution is 0.112. The van der Waals surface area contributed by atoms with E-state index in [1.54, 1.807) is 0 Å². The Morgan fingerprint density at radius 1 is 1.50 bits per heavy atom. The Balaban J connectivity index is 3.00. The zero-order valence-corrected chi connectivity index (χ0v) is 7.21. The third-order valence-corrected chi connectivity index (χ3v) is 1.84. The van der Waals surface area contributed by atoms with Gasteiger partial charge < -0.3 is 0 Å². The molecule has 0 saturated carbocycles. The van der Waals surface area contributed by atoms with E-state index < -0.39 is 0 Å². The summed E-state index contributed by atoms with van der Waals surface area (Å²) in [5.41, 5.74) is 3.00. The van der Waals surface area contributed by atoms with Crippen LogP contribution in [0.3, 0.4) is 0 Å². The van der Waals surface area contributed by atoms with Gasteiger partial charge in [0.2, 0.25) is 0 Å². The molecule has 0 radical (unpaired) electrons. The van der Waals surface area contributed by atoms with Gasteiger partial charge in [-0.3, -0.25) is 4.79 Å². The van der Waals surface area contributed by atoms with Gasteiger partial charge >= 0.3 is 0 Å². The van der Waals surface area contributed by atoms with E-state index in [9.17, 15) is 4.79 Å². The first-order valence-electron chi connectivity index (χ1n) is 3.93. The number of hydrogen-bond acceptors (Lipinski definition) is 1. The molecule has 0 saturated heterocycles. The Hall–Kier alpha value is -1.37. The number of benzene rings is 1. The molecule has 0 aliphatic rings. The maximum Gasteiger partial charge on any atom is 0.150 e. The van der Waals surface area contributed by atoms with Crippen LogP contribution in [-0.2, 0) is 6.42 Å². The van der Waals surface area contributed by atoms with Crippen molar-refractivity contribution in [3.8, 4) is 0 Å². The van der Waals surface area contributed by atoms with Gasteiger partial charge in [-0.05, 0) is 24.5 Å². The van der Waals surface area contributed by atoms with Crippen LogP contribution in [0.25, 0.3) is 0 Å². The molecule has 0 aliphatic heterocycles. The van der Waals surface area contributed by atoms with Crippen molar-refractivity contribution in [2.24, 2.45) is 0 Å². The molecular weight excluding hydrogens is 148 g/mol. The van der Waals surface area contributed by atoms with Gasteiger partial charge in [0.15, 0.2) is 0 Å². The Bertz CT molecular complexity index is 300. The van der Waals surface area contributed by atoms with E-state index in [-0.39, 0.29) is 0 Å². The summed E-state index contributed by atoms with van der Waals surface area (Å²) in [6.07, 6.45) is 3.60. The van der Waals surface area contributed by atoms with Gasteiger partial charge in [0.25, 0.3) is 0 Å². The van der Waals surface area contributed by atoms with E-state index in [0.29, 0.717) is 0 Å². The first kappa shape index (κ1) is 8.72. The Kier molecular flexibility index (Phi) is 2.81. The molecule has 62 valence electrons. The minimum Gasteiger partial charge on any atom is -0.298 e. The molecule has 0 bridgehead atoms. The number of carbonyl (C=O) groups is 1. The summed E-state index contributed by atoms with van der Waals surface area (Å²) in [4.78, 5) is 10.5. The van der Waals surface area contributed by atoms with Crippen LogP contribution in [-0.4, -0.2) is 6.29 Å². The van der Waals surface area contributed by atoms with Gasteiger partial charge in [-0.1, -0.05) is 24.3 Å². The third-order valence-electron chi connectivity index (χ3n) is 1.84. The van der Waals surface area contributed by atoms with Crippen molar-refractivity contribution in [1.29, 1.82) is 0 Å². The van der Waals surface area contributed by atoms with Crippen LogP contribution in [0.1, 0.15) is 21.5 Å². The van der Waals surface area contributed by atoms with E-state index in [4.69, 9.17) is 0 Å². The Morgan fingerprint density at radius 2 is 2.25 bits per heavy atom. The summed E-state index contributed by atoms with van der Waals surface area (Å²) in [5, 5.41) is 0. The molecule has 0 aromatic heterocycles. The van der Waals surface area contributed by atoms with Gasteiger partial charge in [-0.2, -0.15) is 0 Å². The second-order valence-corrected chi connectivity index (χ2v) is 2.80. The fraction of sp³-hybridized carbons (Fsp3) is 0.182. The molecule has 1 rings (SSSR count). The normalized spacial score (nSPS) is 9.42. The molecule has 0 atom stereocenters. The monoisotopic (exact) mass is 160 g/mol. The van der Waals surface area contributed by atoms with Crippen LogP contribution in [0.2, 0.25) is 0 Å². The van der Waals surface area contributed by atoms with Crippen LogP contribution in [0.5, 0.6) is 0 Å². The highest BCUT2D eigenvalue weighted by atomic mass is 16.1. The molecule has 1 aromatic carbocycles. The predicted octanol–water partition coefficient (Wildman–Crippen LogP) is 2.54. The smallest absolute Gasteiger partial charge is 0.150 e. The van der Waals surface area contributed by atoms with Crippen molar-refractivity contribution >= 4 is 6.29 Å².